The van der Waals surface area contributed by atoms with Crippen molar-refractivity contribution in [3.8, 4) is 0 Å². The summed E-state index contributed by atoms with van der Waals surface area (Å²) in [5.74, 6) is 0.907. The van der Waals surface area contributed by atoms with Gasteiger partial charge < -0.3 is 10.1 Å². The second-order valence-electron chi connectivity index (χ2n) is 8.10. The zero-order valence-corrected chi connectivity index (χ0v) is 13.9. The van der Waals surface area contributed by atoms with E-state index in [0.717, 1.165) is 12.5 Å². The first-order valence-electron chi connectivity index (χ1n) is 8.46. The molecule has 3 fully saturated rings. The Kier molecular flexibility index (Phi) is 3.67. The van der Waals surface area contributed by atoms with Gasteiger partial charge in [0.1, 0.15) is 0 Å². The minimum Gasteiger partial charge on any atom is -0.381 e. The van der Waals surface area contributed by atoms with E-state index in [1.54, 1.807) is 0 Å². The van der Waals surface area contributed by atoms with Gasteiger partial charge in [-0.05, 0) is 38.5 Å². The van der Waals surface area contributed by atoms with Gasteiger partial charge in [-0.3, -0.25) is 4.90 Å². The molecule has 0 bridgehead atoms. The fourth-order valence-electron chi connectivity index (χ4n) is 4.60. The Balaban J connectivity index is 1.75. The van der Waals surface area contributed by atoms with Crippen LogP contribution in [0.1, 0.15) is 53.4 Å². The Morgan fingerprint density at radius 2 is 1.95 bits per heavy atom. The molecule has 3 heteroatoms. The molecule has 2 aliphatic carbocycles. The summed E-state index contributed by atoms with van der Waals surface area (Å²) in [4.78, 5) is 2.82. The summed E-state index contributed by atoms with van der Waals surface area (Å²) in [6.45, 7) is 11.9. The fraction of sp³-hybridized carbons (Fsp3) is 1.00. The van der Waals surface area contributed by atoms with E-state index in [4.69, 9.17) is 4.74 Å². The van der Waals surface area contributed by atoms with Gasteiger partial charge in [0.25, 0.3) is 0 Å². The monoisotopic (exact) mass is 280 g/mol. The smallest absolute Gasteiger partial charge is 0.0652 e. The molecule has 20 heavy (non-hydrogen) atoms. The number of piperazine rings is 1. The Labute approximate surface area is 124 Å². The van der Waals surface area contributed by atoms with E-state index < -0.39 is 0 Å². The maximum atomic E-state index is 5.66. The first-order chi connectivity index (χ1) is 9.42. The number of hydrogen-bond donors (Lipinski definition) is 1. The van der Waals surface area contributed by atoms with E-state index in [9.17, 15) is 0 Å². The van der Waals surface area contributed by atoms with E-state index in [-0.39, 0.29) is 0 Å². The van der Waals surface area contributed by atoms with Gasteiger partial charge in [0.2, 0.25) is 0 Å². The summed E-state index contributed by atoms with van der Waals surface area (Å²) in [6, 6.07) is 1.39. The van der Waals surface area contributed by atoms with Crippen molar-refractivity contribution in [2.45, 2.75) is 77.1 Å². The molecule has 0 spiro atoms. The average molecular weight is 280 g/mol. The Morgan fingerprint density at radius 1 is 1.25 bits per heavy atom. The number of nitrogens with one attached hydrogen (secondary N) is 1. The highest BCUT2D eigenvalue weighted by atomic mass is 16.5. The van der Waals surface area contributed by atoms with Crippen LogP contribution in [0.2, 0.25) is 0 Å². The summed E-state index contributed by atoms with van der Waals surface area (Å²) in [7, 11) is 1.87. The minimum atomic E-state index is 0.296. The lowest BCUT2D eigenvalue weighted by molar-refractivity contribution is -0.158. The summed E-state index contributed by atoms with van der Waals surface area (Å²) < 4.78 is 5.66. The zero-order chi connectivity index (χ0) is 14.5. The van der Waals surface area contributed by atoms with E-state index in [1.165, 1.54) is 32.2 Å². The van der Waals surface area contributed by atoms with Crippen LogP contribution in [0, 0.1) is 11.3 Å². The normalized spacial score (nSPS) is 45.1. The standard InChI is InChI=1S/C17H32N2O/c1-6-13-10-18-17(4,12-7-8-12)11-19(13)14-9-15(20-5)16(14,2)3/h12-15,18H,6-11H2,1-5H3. The van der Waals surface area contributed by atoms with Crippen molar-refractivity contribution in [2.24, 2.45) is 11.3 Å². The van der Waals surface area contributed by atoms with Crippen molar-refractivity contribution >= 4 is 0 Å². The van der Waals surface area contributed by atoms with Crippen LogP contribution in [-0.2, 0) is 4.74 Å². The number of nitrogens with zero attached hydrogens (tertiary/aromatic N) is 1. The molecule has 4 unspecified atom stereocenters. The van der Waals surface area contributed by atoms with Crippen LogP contribution in [0.5, 0.6) is 0 Å². The second kappa shape index (κ2) is 4.96. The summed E-state index contributed by atoms with van der Waals surface area (Å²) in [5, 5.41) is 3.87. The van der Waals surface area contributed by atoms with Crippen molar-refractivity contribution in [2.75, 3.05) is 20.2 Å². The van der Waals surface area contributed by atoms with Gasteiger partial charge in [-0.25, -0.2) is 0 Å². The van der Waals surface area contributed by atoms with Crippen molar-refractivity contribution in [1.82, 2.24) is 10.2 Å². The molecule has 0 radical (unpaired) electrons. The van der Waals surface area contributed by atoms with Crippen molar-refractivity contribution in [3.05, 3.63) is 0 Å². The first kappa shape index (κ1) is 14.8. The van der Waals surface area contributed by atoms with Gasteiger partial charge in [-0.1, -0.05) is 20.8 Å². The molecule has 0 amide bonds. The molecule has 3 nitrogen and oxygen atoms in total. The molecule has 3 rings (SSSR count). The zero-order valence-electron chi connectivity index (χ0n) is 13.9. The number of methoxy groups -OCH3 is 1. The summed E-state index contributed by atoms with van der Waals surface area (Å²) in [5.41, 5.74) is 0.643. The molecule has 1 aliphatic heterocycles. The van der Waals surface area contributed by atoms with Crippen LogP contribution >= 0.6 is 0 Å². The topological polar surface area (TPSA) is 24.5 Å². The predicted molar refractivity (Wildman–Crippen MR) is 82.9 cm³/mol. The van der Waals surface area contributed by atoms with Gasteiger partial charge in [-0.2, -0.15) is 0 Å². The van der Waals surface area contributed by atoms with Gasteiger partial charge >= 0.3 is 0 Å². The molecule has 1 N–H and O–H groups in total. The van der Waals surface area contributed by atoms with Crippen LogP contribution in [0.4, 0.5) is 0 Å². The van der Waals surface area contributed by atoms with Gasteiger partial charge in [0, 0.05) is 43.2 Å². The SMILES string of the molecule is CCC1CNC(C)(C2CC2)CN1C1CC(OC)C1(C)C. The van der Waals surface area contributed by atoms with Gasteiger partial charge in [-0.15, -0.1) is 0 Å². The third-order valence-electron chi connectivity index (χ3n) is 6.48. The van der Waals surface area contributed by atoms with Crippen LogP contribution in [0.3, 0.4) is 0 Å². The highest BCUT2D eigenvalue weighted by Gasteiger charge is 2.55. The lowest BCUT2D eigenvalue weighted by Crippen LogP contribution is -2.72. The summed E-state index contributed by atoms with van der Waals surface area (Å²) >= 11 is 0. The second-order valence-corrected chi connectivity index (χ2v) is 8.10. The van der Waals surface area contributed by atoms with Crippen molar-refractivity contribution in [3.63, 3.8) is 0 Å². The molecule has 0 aromatic rings. The Hall–Kier alpha value is -0.120. The molecule has 0 aromatic carbocycles. The van der Waals surface area contributed by atoms with Crippen LogP contribution in [-0.4, -0.2) is 48.8 Å². The molecule has 0 aromatic heterocycles. The van der Waals surface area contributed by atoms with Gasteiger partial charge in [0.05, 0.1) is 6.10 Å². The van der Waals surface area contributed by atoms with Crippen LogP contribution in [0.25, 0.3) is 0 Å². The quantitative estimate of drug-likeness (QED) is 0.857. The van der Waals surface area contributed by atoms with Crippen LogP contribution < -0.4 is 5.32 Å². The minimum absolute atomic E-state index is 0.296. The number of ether oxygens (including phenoxy) is 1. The Bertz CT molecular complexity index is 366. The third-order valence-corrected chi connectivity index (χ3v) is 6.48. The molecule has 4 atom stereocenters. The van der Waals surface area contributed by atoms with E-state index in [2.05, 4.69) is 37.9 Å². The number of rotatable bonds is 4. The van der Waals surface area contributed by atoms with Crippen LogP contribution in [0.15, 0.2) is 0 Å². The molecule has 116 valence electrons. The molecular formula is C17H32N2O. The predicted octanol–water partition coefficient (Wildman–Crippen LogP) is 2.65. The third kappa shape index (κ3) is 2.22. The molecular weight excluding hydrogens is 248 g/mol. The lowest BCUT2D eigenvalue weighted by Gasteiger charge is -2.60. The number of hydrogen-bond acceptors (Lipinski definition) is 3. The fourth-order valence-corrected chi connectivity index (χ4v) is 4.60. The maximum absolute atomic E-state index is 5.66. The highest BCUT2D eigenvalue weighted by Crippen LogP contribution is 2.49. The highest BCUT2D eigenvalue weighted by molar-refractivity contribution is 5.10. The summed E-state index contributed by atoms with van der Waals surface area (Å²) in [6.07, 6.45) is 5.73. The molecule has 3 aliphatic rings. The average Bonchev–Trinajstić information content (AvgIpc) is 3.23. The molecule has 1 heterocycles. The largest absolute Gasteiger partial charge is 0.381 e. The Morgan fingerprint density at radius 3 is 2.45 bits per heavy atom. The molecule has 2 saturated carbocycles. The van der Waals surface area contributed by atoms with E-state index in [0.29, 0.717) is 29.1 Å². The van der Waals surface area contributed by atoms with E-state index in [1.807, 2.05) is 7.11 Å². The first-order valence-corrected chi connectivity index (χ1v) is 8.46. The maximum Gasteiger partial charge on any atom is 0.0652 e. The van der Waals surface area contributed by atoms with Gasteiger partial charge in [0.15, 0.2) is 0 Å². The lowest BCUT2D eigenvalue weighted by atomic mass is 9.63. The van der Waals surface area contributed by atoms with E-state index >= 15 is 0 Å². The molecule has 1 saturated heterocycles. The van der Waals surface area contributed by atoms with Crippen molar-refractivity contribution in [1.29, 1.82) is 0 Å². The van der Waals surface area contributed by atoms with Crippen molar-refractivity contribution < 1.29 is 4.74 Å².